The maximum absolute atomic E-state index is 14.5. The third kappa shape index (κ3) is 5.60. The molecule has 5 nitrogen and oxygen atoms in total. The largest absolute Gasteiger partial charge is 0.508 e. The number of aromatic nitrogens is 1. The lowest BCUT2D eigenvalue weighted by Crippen LogP contribution is -2.42. The number of hydrogen-bond donors (Lipinski definition) is 2. The van der Waals surface area contributed by atoms with Crippen LogP contribution in [0.1, 0.15) is 47.6 Å². The van der Waals surface area contributed by atoms with Gasteiger partial charge in [-0.1, -0.05) is 12.1 Å². The van der Waals surface area contributed by atoms with E-state index in [-0.39, 0.29) is 24.1 Å². The smallest absolute Gasteiger partial charge is 0.251 e. The molecule has 0 unspecified atom stereocenters. The predicted molar refractivity (Wildman–Crippen MR) is 119 cm³/mol. The van der Waals surface area contributed by atoms with E-state index in [4.69, 9.17) is 0 Å². The Morgan fingerprint density at radius 2 is 1.97 bits per heavy atom. The van der Waals surface area contributed by atoms with E-state index in [1.807, 2.05) is 38.1 Å². The highest BCUT2D eigenvalue weighted by Gasteiger charge is 2.64. The zero-order chi connectivity index (χ0) is 22.8. The van der Waals surface area contributed by atoms with Crippen LogP contribution in [0.3, 0.4) is 0 Å². The van der Waals surface area contributed by atoms with E-state index in [9.17, 15) is 18.7 Å². The van der Waals surface area contributed by atoms with Crippen molar-refractivity contribution < 1.29 is 18.7 Å². The van der Waals surface area contributed by atoms with Crippen LogP contribution in [-0.4, -0.2) is 53.5 Å². The van der Waals surface area contributed by atoms with Gasteiger partial charge >= 0.3 is 0 Å². The molecule has 1 aliphatic carbocycles. The Hall–Kier alpha value is -2.06. The van der Waals surface area contributed by atoms with Crippen LogP contribution in [0.25, 0.3) is 0 Å². The molecule has 1 fully saturated rings. The molecule has 0 radical (unpaired) electrons. The maximum Gasteiger partial charge on any atom is 0.251 e. The van der Waals surface area contributed by atoms with Crippen molar-refractivity contribution in [3.63, 3.8) is 0 Å². The molecule has 2 atom stereocenters. The zero-order valence-electron chi connectivity index (χ0n) is 18.5. The van der Waals surface area contributed by atoms with E-state index in [0.29, 0.717) is 25.8 Å². The third-order valence-corrected chi connectivity index (χ3v) is 7.40. The van der Waals surface area contributed by atoms with Crippen LogP contribution >= 0.6 is 11.3 Å². The van der Waals surface area contributed by atoms with E-state index >= 15 is 0 Å². The molecular weight excluding hydrogens is 420 g/mol. The number of aryl methyl sites for hydroxylation is 1. The Morgan fingerprint density at radius 3 is 2.45 bits per heavy atom. The van der Waals surface area contributed by atoms with E-state index < -0.39 is 17.3 Å². The summed E-state index contributed by atoms with van der Waals surface area (Å²) in [7, 11) is 3.88. The van der Waals surface area contributed by atoms with Gasteiger partial charge in [-0.25, -0.2) is 13.8 Å². The van der Waals surface area contributed by atoms with Gasteiger partial charge < -0.3 is 15.3 Å². The standard InChI is InChI=1S/C23H31F2N3O2S/c1-15-26-14-20(31-15)19(23(9-10-23)22(2,24)25)12-21(30)27-13-17(28(3)4)11-16-5-7-18(29)8-6-16/h5-8,14,17,19,29H,9-13H2,1-4H3,(H,27,30)/t17-,19+/m0/s1. The van der Waals surface area contributed by atoms with Gasteiger partial charge in [0.25, 0.3) is 5.92 Å². The van der Waals surface area contributed by atoms with Crippen molar-refractivity contribution in [3.8, 4) is 5.75 Å². The Labute approximate surface area is 186 Å². The first-order valence-corrected chi connectivity index (χ1v) is 11.3. The van der Waals surface area contributed by atoms with Crippen molar-refractivity contribution in [1.82, 2.24) is 15.2 Å². The average molecular weight is 452 g/mol. The van der Waals surface area contributed by atoms with Crippen LogP contribution in [0, 0.1) is 12.3 Å². The zero-order valence-corrected chi connectivity index (χ0v) is 19.3. The minimum atomic E-state index is -2.85. The van der Waals surface area contributed by atoms with Crippen molar-refractivity contribution in [3.05, 3.63) is 45.9 Å². The van der Waals surface area contributed by atoms with Gasteiger partial charge in [0.2, 0.25) is 5.91 Å². The number of likely N-dealkylation sites (N-methyl/N-ethyl adjacent to an activating group) is 1. The molecule has 1 aliphatic rings. The van der Waals surface area contributed by atoms with E-state index in [1.165, 1.54) is 11.3 Å². The van der Waals surface area contributed by atoms with Gasteiger partial charge in [0.1, 0.15) is 5.75 Å². The predicted octanol–water partition coefficient (Wildman–Crippen LogP) is 4.36. The number of nitrogens with one attached hydrogen (secondary N) is 1. The number of hydrogen-bond acceptors (Lipinski definition) is 5. The van der Waals surface area contributed by atoms with E-state index in [2.05, 4.69) is 10.3 Å². The molecule has 170 valence electrons. The summed E-state index contributed by atoms with van der Waals surface area (Å²) in [5.41, 5.74) is -0.109. The summed E-state index contributed by atoms with van der Waals surface area (Å²) >= 11 is 1.40. The summed E-state index contributed by atoms with van der Waals surface area (Å²) in [6, 6.07) is 7.04. The number of phenolic OH excluding ortho intramolecular Hbond substituents is 1. The number of aromatic hydroxyl groups is 1. The SMILES string of the molecule is Cc1ncc([C@@H](CC(=O)NC[C@H](Cc2ccc(O)cc2)N(C)C)C2(C(C)(F)F)CC2)s1. The molecule has 3 rings (SSSR count). The Balaban J connectivity index is 1.67. The van der Waals surface area contributed by atoms with Crippen LogP contribution in [0.2, 0.25) is 0 Å². The lowest BCUT2D eigenvalue weighted by molar-refractivity contribution is -0.123. The molecule has 1 aromatic heterocycles. The molecule has 1 heterocycles. The summed E-state index contributed by atoms with van der Waals surface area (Å²) < 4.78 is 28.9. The summed E-state index contributed by atoms with van der Waals surface area (Å²) in [5.74, 6) is -3.39. The lowest BCUT2D eigenvalue weighted by atomic mass is 9.80. The van der Waals surface area contributed by atoms with Crippen molar-refractivity contribution >= 4 is 17.2 Å². The van der Waals surface area contributed by atoms with Crippen LogP contribution in [0.15, 0.2) is 30.5 Å². The Bertz CT molecular complexity index is 889. The lowest BCUT2D eigenvalue weighted by Gasteiger charge is -2.31. The van der Waals surface area contributed by atoms with Crippen LogP contribution in [0.4, 0.5) is 8.78 Å². The van der Waals surface area contributed by atoms with Crippen LogP contribution < -0.4 is 5.32 Å². The summed E-state index contributed by atoms with van der Waals surface area (Å²) in [5, 5.41) is 13.2. The third-order valence-electron chi connectivity index (χ3n) is 6.37. The van der Waals surface area contributed by atoms with Gasteiger partial charge in [-0.2, -0.15) is 0 Å². The molecule has 0 spiro atoms. The molecule has 8 heteroatoms. The number of phenols is 1. The van der Waals surface area contributed by atoms with Gasteiger partial charge in [0.05, 0.1) is 5.01 Å². The van der Waals surface area contributed by atoms with Gasteiger partial charge in [-0.15, -0.1) is 11.3 Å². The number of alkyl halides is 2. The number of carbonyl (C=O) groups is 1. The van der Waals surface area contributed by atoms with Crippen LogP contribution in [-0.2, 0) is 11.2 Å². The summed E-state index contributed by atoms with van der Waals surface area (Å²) in [6.07, 6.45) is 3.22. The number of rotatable bonds is 10. The van der Waals surface area contributed by atoms with Gasteiger partial charge in [0, 0.05) is 41.4 Å². The van der Waals surface area contributed by atoms with E-state index in [1.54, 1.807) is 18.3 Å². The monoisotopic (exact) mass is 451 g/mol. The summed E-state index contributed by atoms with van der Waals surface area (Å²) in [6.45, 7) is 3.23. The molecule has 1 aromatic carbocycles. The Kier molecular flexibility index (Phi) is 7.01. The van der Waals surface area contributed by atoms with E-state index in [0.717, 1.165) is 22.4 Å². The molecule has 1 amide bonds. The quantitative estimate of drug-likeness (QED) is 0.564. The number of thiazole rings is 1. The fourth-order valence-corrected chi connectivity index (χ4v) is 5.17. The van der Waals surface area contributed by atoms with Crippen molar-refractivity contribution in [1.29, 1.82) is 0 Å². The highest BCUT2D eigenvalue weighted by atomic mass is 32.1. The number of halogens is 2. The van der Waals surface area contributed by atoms with Crippen molar-refractivity contribution in [2.24, 2.45) is 5.41 Å². The highest BCUT2D eigenvalue weighted by molar-refractivity contribution is 7.11. The van der Waals surface area contributed by atoms with Gasteiger partial charge in [-0.05, 0) is 64.9 Å². The fraction of sp³-hybridized carbons (Fsp3) is 0.565. The molecule has 31 heavy (non-hydrogen) atoms. The van der Waals surface area contributed by atoms with Crippen LogP contribution in [0.5, 0.6) is 5.75 Å². The topological polar surface area (TPSA) is 65.5 Å². The second-order valence-electron chi connectivity index (χ2n) is 8.87. The maximum atomic E-state index is 14.5. The molecular formula is C23H31F2N3O2S. The second-order valence-corrected chi connectivity index (χ2v) is 10.1. The van der Waals surface area contributed by atoms with Crippen molar-refractivity contribution in [2.75, 3.05) is 20.6 Å². The minimum absolute atomic E-state index is 0.0322. The number of carbonyl (C=O) groups excluding carboxylic acids is 1. The number of nitrogens with zero attached hydrogens (tertiary/aromatic N) is 2. The first-order valence-electron chi connectivity index (χ1n) is 10.5. The average Bonchev–Trinajstić information content (AvgIpc) is 3.40. The number of benzene rings is 1. The minimum Gasteiger partial charge on any atom is -0.508 e. The fourth-order valence-electron chi connectivity index (χ4n) is 4.17. The first-order chi connectivity index (χ1) is 14.5. The molecule has 1 saturated carbocycles. The number of amides is 1. The summed E-state index contributed by atoms with van der Waals surface area (Å²) in [4.78, 5) is 19.9. The first kappa shape index (κ1) is 23.6. The second kappa shape index (κ2) is 9.20. The molecule has 0 saturated heterocycles. The molecule has 0 bridgehead atoms. The van der Waals surface area contributed by atoms with Crippen molar-refractivity contribution in [2.45, 2.75) is 57.4 Å². The molecule has 2 N–H and O–H groups in total. The highest BCUT2D eigenvalue weighted by Crippen LogP contribution is 2.65. The Morgan fingerprint density at radius 1 is 1.32 bits per heavy atom. The normalized spacial score (nSPS) is 17.4. The van der Waals surface area contributed by atoms with Gasteiger partial charge in [0.15, 0.2) is 0 Å². The van der Waals surface area contributed by atoms with Gasteiger partial charge in [-0.3, -0.25) is 4.79 Å². The molecule has 0 aliphatic heterocycles. The molecule has 2 aromatic rings.